The summed E-state index contributed by atoms with van der Waals surface area (Å²) in [6, 6.07) is 7.41. The molecule has 0 amide bonds. The lowest BCUT2D eigenvalue weighted by atomic mass is 10.0. The molecule has 0 bridgehead atoms. The molecule has 2 rings (SSSR count). The zero-order valence-electron chi connectivity index (χ0n) is 14.6. The summed E-state index contributed by atoms with van der Waals surface area (Å²) in [5, 5.41) is 6.24. The summed E-state index contributed by atoms with van der Waals surface area (Å²) in [6.45, 7) is 6.51. The number of hydrazone groups is 1. The molecule has 24 heavy (non-hydrogen) atoms. The van der Waals surface area contributed by atoms with Gasteiger partial charge in [0.2, 0.25) is 0 Å². The van der Waals surface area contributed by atoms with Gasteiger partial charge in [-0.05, 0) is 38.5 Å². The molecular weight excluding hydrogens is 326 g/mol. The van der Waals surface area contributed by atoms with Crippen LogP contribution in [0.1, 0.15) is 45.2 Å². The van der Waals surface area contributed by atoms with Gasteiger partial charge in [0.25, 0.3) is 0 Å². The molecule has 0 saturated heterocycles. The maximum Gasteiger partial charge on any atom is 0.307 e. The van der Waals surface area contributed by atoms with Crippen molar-refractivity contribution in [2.45, 2.75) is 44.4 Å². The number of esters is 1. The highest BCUT2D eigenvalue weighted by Crippen LogP contribution is 2.27. The van der Waals surface area contributed by atoms with Crippen LogP contribution in [0, 0.1) is 0 Å². The molecule has 1 heterocycles. The monoisotopic (exact) mass is 351 g/mol. The molecule has 0 spiro atoms. The number of nitrogens with one attached hydrogen (secondary N) is 1. The second-order valence-corrected chi connectivity index (χ2v) is 8.63. The molecule has 7 heteroatoms. The van der Waals surface area contributed by atoms with Crippen LogP contribution >= 0.6 is 0 Å². The normalized spacial score (nSPS) is 17.0. The molecular formula is C17H25N3O3S. The van der Waals surface area contributed by atoms with E-state index in [4.69, 9.17) is 4.74 Å². The van der Waals surface area contributed by atoms with Crippen molar-refractivity contribution in [1.29, 1.82) is 0 Å². The van der Waals surface area contributed by atoms with E-state index in [1.807, 2.05) is 56.3 Å². The topological polar surface area (TPSA) is 77.0 Å². The zero-order chi connectivity index (χ0) is 17.7. The fourth-order valence-corrected chi connectivity index (χ4v) is 3.11. The number of hydrogen-bond acceptors (Lipinski definition) is 6. The van der Waals surface area contributed by atoms with Crippen LogP contribution in [-0.2, 0) is 20.9 Å². The number of carbonyl (C=O) groups is 1. The Hall–Kier alpha value is -1.57. The lowest BCUT2D eigenvalue weighted by Gasteiger charge is -2.28. The van der Waals surface area contributed by atoms with Gasteiger partial charge in [0, 0.05) is 30.5 Å². The van der Waals surface area contributed by atoms with Gasteiger partial charge in [0.15, 0.2) is 0 Å². The van der Waals surface area contributed by atoms with Crippen LogP contribution < -0.4 is 9.73 Å². The molecule has 1 aliphatic rings. The molecule has 1 unspecified atom stereocenters. The molecule has 0 saturated carbocycles. The van der Waals surface area contributed by atoms with E-state index in [0.29, 0.717) is 0 Å². The molecule has 6 nitrogen and oxygen atoms in total. The van der Waals surface area contributed by atoms with Crippen LogP contribution in [0.15, 0.2) is 29.4 Å². The number of rotatable bonds is 6. The Morgan fingerprint density at radius 3 is 2.83 bits per heavy atom. The summed E-state index contributed by atoms with van der Waals surface area (Å²) in [5.74, 6) is -0.344. The average Bonchev–Trinajstić information content (AvgIpc) is 3.07. The Balaban J connectivity index is 2.23. The van der Waals surface area contributed by atoms with Crippen molar-refractivity contribution in [3.63, 3.8) is 0 Å². The highest BCUT2D eigenvalue weighted by Gasteiger charge is 2.31. The molecule has 1 aliphatic heterocycles. The second-order valence-electron chi connectivity index (χ2n) is 6.64. The lowest BCUT2D eigenvalue weighted by Crippen LogP contribution is -2.41. The Labute approximate surface area is 146 Å². The van der Waals surface area contributed by atoms with E-state index in [9.17, 15) is 9.35 Å². The minimum absolute atomic E-state index is 0.116. The SMILES string of the molecule is COC(=O)C[C@H](N[S+]([O-])C(C)(C)C)c1cccc(N2CCC=N2)c1. The number of nitrogens with zero attached hydrogens (tertiary/aromatic N) is 2. The van der Waals surface area contributed by atoms with E-state index in [1.165, 1.54) is 7.11 Å². The van der Waals surface area contributed by atoms with Crippen molar-refractivity contribution in [2.24, 2.45) is 5.10 Å². The van der Waals surface area contributed by atoms with Crippen molar-refractivity contribution >= 4 is 29.2 Å². The van der Waals surface area contributed by atoms with Crippen LogP contribution in [0.2, 0.25) is 0 Å². The minimum Gasteiger partial charge on any atom is -0.598 e. The van der Waals surface area contributed by atoms with Crippen LogP contribution in [0.4, 0.5) is 5.69 Å². The second kappa shape index (κ2) is 8.00. The van der Waals surface area contributed by atoms with Crippen molar-refractivity contribution in [1.82, 2.24) is 4.72 Å². The van der Waals surface area contributed by atoms with E-state index >= 15 is 0 Å². The van der Waals surface area contributed by atoms with E-state index in [-0.39, 0.29) is 18.4 Å². The highest BCUT2D eigenvalue weighted by atomic mass is 32.2. The van der Waals surface area contributed by atoms with Gasteiger partial charge in [-0.2, -0.15) is 5.10 Å². The molecule has 2 atom stereocenters. The summed E-state index contributed by atoms with van der Waals surface area (Å²) in [5.41, 5.74) is 1.84. The maximum absolute atomic E-state index is 12.5. The highest BCUT2D eigenvalue weighted by molar-refractivity contribution is 7.90. The van der Waals surface area contributed by atoms with Gasteiger partial charge in [0.05, 0.1) is 25.3 Å². The largest absolute Gasteiger partial charge is 0.598 e. The standard InChI is InChI=1S/C17H25N3O3S/c1-17(2,3)24(22)19-15(12-16(21)23-4)13-7-5-8-14(11-13)20-10-6-9-18-20/h5,7-9,11,15,19H,6,10,12H2,1-4H3/t15-,24?/m0/s1. The third-order valence-electron chi connectivity index (χ3n) is 3.67. The number of benzene rings is 1. The molecule has 132 valence electrons. The Bertz CT molecular complexity index is 601. The Morgan fingerprint density at radius 2 is 2.25 bits per heavy atom. The molecule has 0 fully saturated rings. The van der Waals surface area contributed by atoms with Crippen LogP contribution in [0.3, 0.4) is 0 Å². The third-order valence-corrected chi connectivity index (χ3v) is 5.28. The van der Waals surface area contributed by atoms with Gasteiger partial charge in [-0.3, -0.25) is 9.80 Å². The summed E-state index contributed by atoms with van der Waals surface area (Å²) in [6.07, 6.45) is 2.92. The third kappa shape index (κ3) is 4.96. The maximum atomic E-state index is 12.5. The first-order valence-corrected chi connectivity index (χ1v) is 9.11. The first-order valence-electron chi connectivity index (χ1n) is 7.96. The first-order chi connectivity index (χ1) is 11.3. The van der Waals surface area contributed by atoms with Crippen LogP contribution in [0.25, 0.3) is 0 Å². The van der Waals surface area contributed by atoms with Crippen LogP contribution in [-0.4, -0.2) is 35.1 Å². The Kier molecular flexibility index (Phi) is 6.26. The number of methoxy groups -OCH3 is 1. The smallest absolute Gasteiger partial charge is 0.307 e. The predicted octanol–water partition coefficient (Wildman–Crippen LogP) is 2.54. The fourth-order valence-electron chi connectivity index (χ4n) is 2.28. The molecule has 0 radical (unpaired) electrons. The molecule has 1 aromatic carbocycles. The lowest BCUT2D eigenvalue weighted by molar-refractivity contribution is -0.141. The van der Waals surface area contributed by atoms with E-state index in [1.54, 1.807) is 0 Å². The fraction of sp³-hybridized carbons (Fsp3) is 0.529. The molecule has 0 aliphatic carbocycles. The van der Waals surface area contributed by atoms with Gasteiger partial charge < -0.3 is 9.29 Å². The summed E-state index contributed by atoms with van der Waals surface area (Å²) in [4.78, 5) is 11.8. The van der Waals surface area contributed by atoms with Gasteiger partial charge >= 0.3 is 5.97 Å². The minimum atomic E-state index is -1.30. The summed E-state index contributed by atoms with van der Waals surface area (Å²) in [7, 11) is 1.36. The van der Waals surface area contributed by atoms with Gasteiger partial charge in [-0.25, -0.2) is 0 Å². The van der Waals surface area contributed by atoms with Crippen molar-refractivity contribution in [3.05, 3.63) is 29.8 Å². The number of hydrogen-bond donors (Lipinski definition) is 1. The van der Waals surface area contributed by atoms with E-state index in [2.05, 4.69) is 9.82 Å². The van der Waals surface area contributed by atoms with E-state index in [0.717, 1.165) is 24.2 Å². The average molecular weight is 351 g/mol. The zero-order valence-corrected chi connectivity index (χ0v) is 15.4. The van der Waals surface area contributed by atoms with Crippen molar-refractivity contribution in [2.75, 3.05) is 18.7 Å². The van der Waals surface area contributed by atoms with Crippen molar-refractivity contribution < 1.29 is 14.1 Å². The van der Waals surface area contributed by atoms with Crippen molar-refractivity contribution in [3.8, 4) is 0 Å². The summed E-state index contributed by atoms with van der Waals surface area (Å²) >= 11 is -1.30. The molecule has 0 aromatic heterocycles. The molecule has 1 N–H and O–H groups in total. The van der Waals surface area contributed by atoms with Gasteiger partial charge in [-0.15, -0.1) is 4.72 Å². The van der Waals surface area contributed by atoms with Crippen LogP contribution in [0.5, 0.6) is 0 Å². The number of anilines is 1. The van der Waals surface area contributed by atoms with Gasteiger partial charge in [-0.1, -0.05) is 12.1 Å². The van der Waals surface area contributed by atoms with E-state index < -0.39 is 16.1 Å². The Morgan fingerprint density at radius 1 is 1.50 bits per heavy atom. The predicted molar refractivity (Wildman–Crippen MR) is 97.3 cm³/mol. The number of carbonyl (C=O) groups excluding carboxylic acids is 1. The first kappa shape index (κ1) is 18.8. The quantitative estimate of drug-likeness (QED) is 0.629. The van der Waals surface area contributed by atoms with Gasteiger partial charge in [0.1, 0.15) is 4.75 Å². The molecule has 1 aromatic rings. The summed E-state index contributed by atoms with van der Waals surface area (Å²) < 4.78 is 19.9. The number of ether oxygens (including phenoxy) is 1.